The molecule has 0 bridgehead atoms. The van der Waals surface area contributed by atoms with Crippen LogP contribution in [0.5, 0.6) is 5.75 Å². The molecule has 0 fully saturated rings. The van der Waals surface area contributed by atoms with Crippen molar-refractivity contribution in [2.75, 3.05) is 13.7 Å². The van der Waals surface area contributed by atoms with Gasteiger partial charge in [0.05, 0.1) is 30.3 Å². The molecule has 0 aliphatic rings. The van der Waals surface area contributed by atoms with Gasteiger partial charge in [0.2, 0.25) is 0 Å². The van der Waals surface area contributed by atoms with Crippen molar-refractivity contribution < 1.29 is 9.84 Å². The van der Waals surface area contributed by atoms with E-state index in [1.807, 2.05) is 32.2 Å². The molecule has 0 aliphatic carbocycles. The van der Waals surface area contributed by atoms with Crippen molar-refractivity contribution in [3.05, 3.63) is 24.5 Å². The minimum atomic E-state index is -0.231. The number of thioether (sulfide) groups is 1. The number of pyridine rings is 1. The monoisotopic (exact) mass is 252 g/mol. The second-order valence-electron chi connectivity index (χ2n) is 4.43. The molecule has 0 spiro atoms. The quantitative estimate of drug-likeness (QED) is 0.847. The summed E-state index contributed by atoms with van der Waals surface area (Å²) in [5.41, 5.74) is 1.02. The lowest BCUT2D eigenvalue weighted by molar-refractivity contribution is 0.265. The fourth-order valence-corrected chi connectivity index (χ4v) is 2.57. The Labute approximate surface area is 105 Å². The highest BCUT2D eigenvalue weighted by atomic mass is 32.2. The van der Waals surface area contributed by atoms with Crippen LogP contribution in [0.4, 0.5) is 0 Å². The summed E-state index contributed by atoms with van der Waals surface area (Å²) in [7, 11) is 1.64. The van der Waals surface area contributed by atoms with Gasteiger partial charge in [-0.15, -0.1) is 11.8 Å². The van der Waals surface area contributed by atoms with Gasteiger partial charge < -0.3 is 9.84 Å². The number of aliphatic hydroxyl groups excluding tert-OH is 1. The molecule has 17 heavy (non-hydrogen) atoms. The molecule has 0 saturated heterocycles. The Hall–Kier alpha value is -1.20. The fraction of sp³-hybridized carbons (Fsp3) is 0.417. The molecule has 92 valence electrons. The summed E-state index contributed by atoms with van der Waals surface area (Å²) in [6.45, 7) is 4.11. The largest absolute Gasteiger partial charge is 0.494 e. The number of methoxy groups -OCH3 is 1. The molecule has 2 rings (SSSR count). The van der Waals surface area contributed by atoms with Crippen LogP contribution in [-0.2, 0) is 0 Å². The summed E-state index contributed by atoms with van der Waals surface area (Å²) in [4.78, 5) is 1.01. The zero-order valence-electron chi connectivity index (χ0n) is 10.2. The van der Waals surface area contributed by atoms with Gasteiger partial charge in [-0.3, -0.25) is 0 Å². The van der Waals surface area contributed by atoms with Gasteiger partial charge in [-0.25, -0.2) is 4.52 Å². The van der Waals surface area contributed by atoms with Crippen molar-refractivity contribution in [2.24, 2.45) is 0 Å². The number of nitrogens with zero attached hydrogens (tertiary/aromatic N) is 2. The minimum absolute atomic E-state index is 0.116. The fourth-order valence-electron chi connectivity index (χ4n) is 1.49. The third kappa shape index (κ3) is 2.56. The van der Waals surface area contributed by atoms with E-state index in [1.54, 1.807) is 29.6 Å². The first-order valence-electron chi connectivity index (χ1n) is 5.37. The van der Waals surface area contributed by atoms with Crippen LogP contribution in [0.1, 0.15) is 13.8 Å². The number of rotatable bonds is 4. The number of ether oxygens (including phenoxy) is 1. The number of aromatic nitrogens is 2. The molecule has 2 aromatic rings. The maximum atomic E-state index is 9.31. The van der Waals surface area contributed by atoms with Crippen molar-refractivity contribution in [2.45, 2.75) is 23.5 Å². The molecule has 4 nitrogen and oxygen atoms in total. The Morgan fingerprint density at radius 2 is 2.29 bits per heavy atom. The van der Waals surface area contributed by atoms with Gasteiger partial charge in [0.25, 0.3) is 0 Å². The van der Waals surface area contributed by atoms with Crippen molar-refractivity contribution in [3.8, 4) is 5.75 Å². The van der Waals surface area contributed by atoms with Crippen LogP contribution in [-0.4, -0.2) is 33.2 Å². The van der Waals surface area contributed by atoms with Crippen LogP contribution in [0.2, 0.25) is 0 Å². The molecule has 0 aromatic carbocycles. The van der Waals surface area contributed by atoms with Gasteiger partial charge in [0.1, 0.15) is 0 Å². The van der Waals surface area contributed by atoms with Gasteiger partial charge >= 0.3 is 0 Å². The number of fused-ring (bicyclic) bond motifs is 1. The first kappa shape index (κ1) is 12.3. The lowest BCUT2D eigenvalue weighted by atomic mass is 10.2. The third-order valence-corrected chi connectivity index (χ3v) is 3.67. The van der Waals surface area contributed by atoms with E-state index in [1.165, 1.54) is 0 Å². The summed E-state index contributed by atoms with van der Waals surface area (Å²) in [5, 5.41) is 13.5. The highest BCUT2D eigenvalue weighted by molar-refractivity contribution is 8.00. The predicted molar refractivity (Wildman–Crippen MR) is 68.8 cm³/mol. The molecular weight excluding hydrogens is 236 g/mol. The van der Waals surface area contributed by atoms with Crippen LogP contribution in [0, 0.1) is 0 Å². The molecule has 0 unspecified atom stereocenters. The average molecular weight is 252 g/mol. The highest BCUT2D eigenvalue weighted by Crippen LogP contribution is 2.38. The minimum Gasteiger partial charge on any atom is -0.494 e. The van der Waals surface area contributed by atoms with Crippen molar-refractivity contribution in [1.29, 1.82) is 0 Å². The lowest BCUT2D eigenvalue weighted by Crippen LogP contribution is -2.19. The van der Waals surface area contributed by atoms with Crippen molar-refractivity contribution in [1.82, 2.24) is 9.61 Å². The summed E-state index contributed by atoms with van der Waals surface area (Å²) in [6, 6.07) is 3.96. The van der Waals surface area contributed by atoms with E-state index in [2.05, 4.69) is 5.10 Å². The van der Waals surface area contributed by atoms with Gasteiger partial charge in [-0.05, 0) is 26.0 Å². The topological polar surface area (TPSA) is 46.8 Å². The van der Waals surface area contributed by atoms with Crippen molar-refractivity contribution in [3.63, 3.8) is 0 Å². The van der Waals surface area contributed by atoms with E-state index in [0.717, 1.165) is 16.2 Å². The van der Waals surface area contributed by atoms with E-state index < -0.39 is 0 Å². The molecule has 5 heteroatoms. The predicted octanol–water partition coefficient (Wildman–Crippen LogP) is 2.21. The molecular formula is C12H16N2O2S. The molecule has 0 amide bonds. The summed E-state index contributed by atoms with van der Waals surface area (Å²) >= 11 is 1.60. The van der Waals surface area contributed by atoms with Crippen LogP contribution in [0.15, 0.2) is 29.4 Å². The Balaban J connectivity index is 2.43. The summed E-state index contributed by atoms with van der Waals surface area (Å²) < 4.78 is 6.89. The normalized spacial score (nSPS) is 12.0. The Morgan fingerprint density at radius 1 is 1.53 bits per heavy atom. The van der Waals surface area contributed by atoms with Gasteiger partial charge in [0, 0.05) is 10.9 Å². The Morgan fingerprint density at radius 3 is 2.94 bits per heavy atom. The molecule has 0 saturated carbocycles. The molecule has 1 N–H and O–H groups in total. The first-order chi connectivity index (χ1) is 8.05. The zero-order valence-corrected chi connectivity index (χ0v) is 11.0. The average Bonchev–Trinajstić information content (AvgIpc) is 2.74. The van der Waals surface area contributed by atoms with Crippen LogP contribution in [0.3, 0.4) is 0 Å². The van der Waals surface area contributed by atoms with Crippen LogP contribution in [0.25, 0.3) is 5.52 Å². The van der Waals surface area contributed by atoms with Crippen LogP contribution >= 0.6 is 11.8 Å². The number of hydrogen-bond donors (Lipinski definition) is 1. The Bertz CT molecular complexity index is 522. The smallest absolute Gasteiger partial charge is 0.150 e. The summed E-state index contributed by atoms with van der Waals surface area (Å²) in [6.07, 6.45) is 3.60. The number of hydrogen-bond acceptors (Lipinski definition) is 4. The zero-order chi connectivity index (χ0) is 12.5. The molecule has 0 atom stereocenters. The van der Waals surface area contributed by atoms with E-state index >= 15 is 0 Å². The maximum absolute atomic E-state index is 9.31. The second-order valence-corrected chi connectivity index (χ2v) is 6.18. The molecule has 0 aliphatic heterocycles. The highest BCUT2D eigenvalue weighted by Gasteiger charge is 2.21. The third-order valence-electron chi connectivity index (χ3n) is 2.45. The standard InChI is InChI=1S/C12H16N2O2S/c1-12(2,8-15)17-11-6-9-4-5-13-14(9)7-10(11)16-3/h4-7,15H,8H2,1-3H3. The Kier molecular flexibility index (Phi) is 3.31. The van der Waals surface area contributed by atoms with Gasteiger partial charge in [-0.1, -0.05) is 0 Å². The SMILES string of the molecule is COc1cn2nccc2cc1SC(C)(C)CO. The molecule has 2 aromatic heterocycles. The lowest BCUT2D eigenvalue weighted by Gasteiger charge is -2.22. The van der Waals surface area contributed by atoms with Gasteiger partial charge in [-0.2, -0.15) is 5.10 Å². The van der Waals surface area contributed by atoms with Crippen molar-refractivity contribution >= 4 is 17.3 Å². The van der Waals surface area contributed by atoms with E-state index in [0.29, 0.717) is 0 Å². The van der Waals surface area contributed by atoms with E-state index in [-0.39, 0.29) is 11.4 Å². The number of aliphatic hydroxyl groups is 1. The van der Waals surface area contributed by atoms with E-state index in [9.17, 15) is 5.11 Å². The second kappa shape index (κ2) is 4.58. The molecule has 2 heterocycles. The maximum Gasteiger partial charge on any atom is 0.150 e. The molecule has 0 radical (unpaired) electrons. The van der Waals surface area contributed by atoms with Crippen LogP contribution < -0.4 is 4.74 Å². The van der Waals surface area contributed by atoms with Gasteiger partial charge in [0.15, 0.2) is 5.75 Å². The van der Waals surface area contributed by atoms with E-state index in [4.69, 9.17) is 4.74 Å². The summed E-state index contributed by atoms with van der Waals surface area (Å²) in [5.74, 6) is 0.771. The first-order valence-corrected chi connectivity index (χ1v) is 6.18.